The Morgan fingerprint density at radius 2 is 2.10 bits per heavy atom. The zero-order chi connectivity index (χ0) is 15.2. The van der Waals surface area contributed by atoms with Gasteiger partial charge in [0.15, 0.2) is 0 Å². The lowest BCUT2D eigenvalue weighted by Crippen LogP contribution is -2.33. The third-order valence-electron chi connectivity index (χ3n) is 3.64. The zero-order valence-corrected chi connectivity index (χ0v) is 13.9. The van der Waals surface area contributed by atoms with Crippen LogP contribution >= 0.6 is 22.6 Å². The Balaban J connectivity index is 1.69. The molecule has 1 fully saturated rings. The molecule has 6 heteroatoms. The molecule has 0 spiro atoms. The van der Waals surface area contributed by atoms with Crippen LogP contribution in [0.5, 0.6) is 0 Å². The largest absolute Gasteiger partial charge is 0.376 e. The lowest BCUT2D eigenvalue weighted by molar-refractivity contribution is 0.0267. The van der Waals surface area contributed by atoms with E-state index in [4.69, 9.17) is 10.5 Å². The topological polar surface area (TPSA) is 64.3 Å². The summed E-state index contributed by atoms with van der Waals surface area (Å²) in [6.45, 7) is 0.943. The molecular formula is C15H20FIN2O2. The molecule has 1 saturated carbocycles. The second-order valence-corrected chi connectivity index (χ2v) is 6.45. The Bertz CT molecular complexity index is 491. The second kappa shape index (κ2) is 8.05. The SMILES string of the molecule is NC1CCC(OCCNC(=O)c2ccc(F)cc2I)CC1. The third-order valence-corrected chi connectivity index (χ3v) is 4.53. The van der Waals surface area contributed by atoms with Crippen molar-refractivity contribution in [3.8, 4) is 0 Å². The predicted octanol–water partition coefficient (Wildman–Crippen LogP) is 2.45. The zero-order valence-electron chi connectivity index (χ0n) is 11.8. The molecular weight excluding hydrogens is 386 g/mol. The van der Waals surface area contributed by atoms with Gasteiger partial charge in [-0.2, -0.15) is 0 Å². The van der Waals surface area contributed by atoms with Crippen molar-refractivity contribution in [2.45, 2.75) is 37.8 Å². The molecule has 1 amide bonds. The van der Waals surface area contributed by atoms with Crippen molar-refractivity contribution in [3.05, 3.63) is 33.1 Å². The summed E-state index contributed by atoms with van der Waals surface area (Å²) in [5.74, 6) is -0.538. The Hall–Kier alpha value is -0.730. The minimum atomic E-state index is -0.338. The van der Waals surface area contributed by atoms with Crippen molar-refractivity contribution in [3.63, 3.8) is 0 Å². The van der Waals surface area contributed by atoms with Gasteiger partial charge in [-0.1, -0.05) is 0 Å². The van der Waals surface area contributed by atoms with Gasteiger partial charge in [-0.15, -0.1) is 0 Å². The maximum absolute atomic E-state index is 13.0. The number of hydrogen-bond acceptors (Lipinski definition) is 3. The Morgan fingerprint density at radius 1 is 1.38 bits per heavy atom. The first kappa shape index (κ1) is 16.6. The first-order valence-electron chi connectivity index (χ1n) is 7.16. The molecule has 0 aliphatic heterocycles. The summed E-state index contributed by atoms with van der Waals surface area (Å²) in [7, 11) is 0. The lowest BCUT2D eigenvalue weighted by atomic mass is 9.94. The van der Waals surface area contributed by atoms with Crippen LogP contribution in [0.4, 0.5) is 4.39 Å². The molecule has 1 aromatic rings. The highest BCUT2D eigenvalue weighted by Gasteiger charge is 2.18. The van der Waals surface area contributed by atoms with Gasteiger partial charge >= 0.3 is 0 Å². The van der Waals surface area contributed by atoms with Crippen molar-refractivity contribution in [1.82, 2.24) is 5.32 Å². The van der Waals surface area contributed by atoms with Gasteiger partial charge in [0.05, 0.1) is 18.3 Å². The molecule has 0 aromatic heterocycles. The van der Waals surface area contributed by atoms with E-state index in [0.29, 0.717) is 28.3 Å². The minimum Gasteiger partial charge on any atom is -0.376 e. The van der Waals surface area contributed by atoms with Crippen LogP contribution in [0.25, 0.3) is 0 Å². The summed E-state index contributed by atoms with van der Waals surface area (Å²) in [5.41, 5.74) is 6.33. The van der Waals surface area contributed by atoms with E-state index in [1.165, 1.54) is 18.2 Å². The average Bonchev–Trinajstić information content (AvgIpc) is 2.45. The molecule has 0 heterocycles. The van der Waals surface area contributed by atoms with Crippen LogP contribution in [0.2, 0.25) is 0 Å². The van der Waals surface area contributed by atoms with Gasteiger partial charge in [0.1, 0.15) is 5.82 Å². The number of ether oxygens (including phenoxy) is 1. The molecule has 0 bridgehead atoms. The number of nitrogens with two attached hydrogens (primary N) is 1. The van der Waals surface area contributed by atoms with Crippen molar-refractivity contribution in [2.75, 3.05) is 13.2 Å². The molecule has 1 aromatic carbocycles. The van der Waals surface area contributed by atoms with Crippen molar-refractivity contribution >= 4 is 28.5 Å². The summed E-state index contributed by atoms with van der Waals surface area (Å²) in [5, 5.41) is 2.79. The highest BCUT2D eigenvalue weighted by Crippen LogP contribution is 2.19. The smallest absolute Gasteiger partial charge is 0.252 e. The van der Waals surface area contributed by atoms with Gasteiger partial charge in [0, 0.05) is 16.2 Å². The van der Waals surface area contributed by atoms with E-state index in [9.17, 15) is 9.18 Å². The van der Waals surface area contributed by atoms with E-state index in [-0.39, 0.29) is 17.8 Å². The Labute approximate surface area is 137 Å². The molecule has 21 heavy (non-hydrogen) atoms. The van der Waals surface area contributed by atoms with Gasteiger partial charge in [-0.25, -0.2) is 4.39 Å². The molecule has 4 nitrogen and oxygen atoms in total. The standard InChI is InChI=1S/C15H20FIN2O2/c16-10-1-6-13(14(17)9-10)15(20)19-7-8-21-12-4-2-11(18)3-5-12/h1,6,9,11-12H,2-5,7-8,18H2,(H,19,20). The number of rotatable bonds is 5. The summed E-state index contributed by atoms with van der Waals surface area (Å²) in [6, 6.07) is 4.44. The first-order chi connectivity index (χ1) is 10.1. The summed E-state index contributed by atoms with van der Waals surface area (Å²) in [6.07, 6.45) is 4.25. The Kier molecular flexibility index (Phi) is 6.38. The van der Waals surface area contributed by atoms with Crippen molar-refractivity contribution in [1.29, 1.82) is 0 Å². The van der Waals surface area contributed by atoms with Crippen LogP contribution in [0.3, 0.4) is 0 Å². The van der Waals surface area contributed by atoms with Gasteiger partial charge in [0.2, 0.25) is 0 Å². The molecule has 2 rings (SSSR count). The van der Waals surface area contributed by atoms with E-state index in [2.05, 4.69) is 5.32 Å². The monoisotopic (exact) mass is 406 g/mol. The fraction of sp³-hybridized carbons (Fsp3) is 0.533. The summed E-state index contributed by atoms with van der Waals surface area (Å²) < 4.78 is 19.3. The molecule has 0 saturated heterocycles. The lowest BCUT2D eigenvalue weighted by Gasteiger charge is -2.26. The molecule has 116 valence electrons. The fourth-order valence-corrected chi connectivity index (χ4v) is 3.14. The molecule has 0 atom stereocenters. The third kappa shape index (κ3) is 5.19. The summed E-state index contributed by atoms with van der Waals surface area (Å²) in [4.78, 5) is 12.0. The van der Waals surface area contributed by atoms with Crippen LogP contribution < -0.4 is 11.1 Å². The van der Waals surface area contributed by atoms with E-state index < -0.39 is 0 Å². The number of amides is 1. The number of hydrogen-bond donors (Lipinski definition) is 2. The molecule has 0 unspecified atom stereocenters. The van der Waals surface area contributed by atoms with Crippen LogP contribution in [0.1, 0.15) is 36.0 Å². The van der Waals surface area contributed by atoms with Gasteiger partial charge in [0.25, 0.3) is 5.91 Å². The normalized spacial score (nSPS) is 22.0. The first-order valence-corrected chi connectivity index (χ1v) is 8.24. The van der Waals surface area contributed by atoms with Crippen molar-refractivity contribution in [2.24, 2.45) is 5.73 Å². The fourth-order valence-electron chi connectivity index (χ4n) is 2.41. The number of halogens is 2. The molecule has 1 aliphatic rings. The second-order valence-electron chi connectivity index (χ2n) is 5.29. The highest BCUT2D eigenvalue weighted by atomic mass is 127. The maximum atomic E-state index is 13.0. The minimum absolute atomic E-state index is 0.200. The average molecular weight is 406 g/mol. The van der Waals surface area contributed by atoms with E-state index in [1.54, 1.807) is 0 Å². The quantitative estimate of drug-likeness (QED) is 0.584. The van der Waals surface area contributed by atoms with Gasteiger partial charge < -0.3 is 15.8 Å². The van der Waals surface area contributed by atoms with Crippen LogP contribution in [0.15, 0.2) is 18.2 Å². The molecule has 1 aliphatic carbocycles. The van der Waals surface area contributed by atoms with E-state index in [0.717, 1.165) is 25.7 Å². The van der Waals surface area contributed by atoms with Gasteiger partial charge in [-0.3, -0.25) is 4.79 Å². The van der Waals surface area contributed by atoms with Gasteiger partial charge in [-0.05, 0) is 66.5 Å². The van der Waals surface area contributed by atoms with Crippen LogP contribution in [0, 0.1) is 9.39 Å². The van der Waals surface area contributed by atoms with Crippen LogP contribution in [-0.2, 0) is 4.74 Å². The number of benzene rings is 1. The molecule has 3 N–H and O–H groups in total. The summed E-state index contributed by atoms with van der Waals surface area (Å²) >= 11 is 1.96. The number of carbonyl (C=O) groups excluding carboxylic acids is 1. The van der Waals surface area contributed by atoms with Crippen LogP contribution in [-0.4, -0.2) is 31.2 Å². The predicted molar refractivity (Wildman–Crippen MR) is 87.6 cm³/mol. The van der Waals surface area contributed by atoms with Crippen molar-refractivity contribution < 1.29 is 13.9 Å². The molecule has 0 radical (unpaired) electrons. The van der Waals surface area contributed by atoms with E-state index >= 15 is 0 Å². The van der Waals surface area contributed by atoms with E-state index in [1.807, 2.05) is 22.6 Å². The number of carbonyl (C=O) groups is 1. The maximum Gasteiger partial charge on any atom is 0.252 e. The number of nitrogens with one attached hydrogen (secondary N) is 1. The highest BCUT2D eigenvalue weighted by molar-refractivity contribution is 14.1. The Morgan fingerprint density at radius 3 is 2.76 bits per heavy atom.